The molecule has 0 atom stereocenters. The zero-order valence-electron chi connectivity index (χ0n) is 16.4. The fraction of sp³-hybridized carbons (Fsp3) is 0.429. The number of rotatable bonds is 6. The average molecular weight is 391 g/mol. The third-order valence-corrected chi connectivity index (χ3v) is 5.65. The van der Waals surface area contributed by atoms with Crippen molar-refractivity contribution in [3.63, 3.8) is 0 Å². The smallest absolute Gasteiger partial charge is 0.234 e. The molecule has 29 heavy (non-hydrogen) atoms. The molecule has 8 nitrogen and oxygen atoms in total. The lowest BCUT2D eigenvalue weighted by atomic mass is 10.2. The summed E-state index contributed by atoms with van der Waals surface area (Å²) in [5.74, 6) is 2.55. The van der Waals surface area contributed by atoms with Crippen LogP contribution in [0, 0.1) is 0 Å². The Morgan fingerprint density at radius 1 is 1.07 bits per heavy atom. The van der Waals surface area contributed by atoms with Crippen LogP contribution in [-0.2, 0) is 11.3 Å². The van der Waals surface area contributed by atoms with Gasteiger partial charge in [0.15, 0.2) is 5.82 Å². The minimum atomic E-state index is 0.0639. The molecule has 1 saturated heterocycles. The van der Waals surface area contributed by atoms with Gasteiger partial charge in [0.05, 0.1) is 6.54 Å². The van der Waals surface area contributed by atoms with Crippen LogP contribution in [0.15, 0.2) is 42.7 Å². The third-order valence-electron chi connectivity index (χ3n) is 5.65. The first kappa shape index (κ1) is 18.1. The van der Waals surface area contributed by atoms with E-state index in [1.807, 2.05) is 42.7 Å². The van der Waals surface area contributed by atoms with Crippen LogP contribution in [0.4, 0.5) is 5.82 Å². The van der Waals surface area contributed by atoms with Gasteiger partial charge in [-0.05, 0) is 18.4 Å². The Bertz CT molecular complexity index is 991. The molecule has 1 amide bonds. The van der Waals surface area contributed by atoms with Crippen molar-refractivity contribution in [3.8, 4) is 0 Å². The largest absolute Gasteiger partial charge is 0.351 e. The topological polar surface area (TPSA) is 78.7 Å². The van der Waals surface area contributed by atoms with E-state index in [2.05, 4.69) is 34.7 Å². The molecule has 2 aromatic heterocycles. The Morgan fingerprint density at radius 2 is 1.86 bits per heavy atom. The number of carbonyl (C=O) groups is 1. The van der Waals surface area contributed by atoms with Crippen molar-refractivity contribution in [1.82, 2.24) is 29.8 Å². The Morgan fingerprint density at radius 3 is 2.62 bits per heavy atom. The molecule has 1 saturated carbocycles. The van der Waals surface area contributed by atoms with Gasteiger partial charge < -0.3 is 10.2 Å². The number of carbonyl (C=O) groups excluding carboxylic acids is 1. The standard InChI is InChI=1S/C21H25N7O/c29-18(23-14-16-4-2-1-3-5-16)15-26-10-12-27(13-11-26)20-21-25-24-19(17-6-7-17)28(21)9-8-22-20/h1-5,8-9,17H,6-7,10-15H2,(H,23,29). The highest BCUT2D eigenvalue weighted by molar-refractivity contribution is 5.78. The van der Waals surface area contributed by atoms with Gasteiger partial charge in [-0.25, -0.2) is 4.98 Å². The van der Waals surface area contributed by atoms with Gasteiger partial charge in [0, 0.05) is 51.0 Å². The fourth-order valence-electron chi connectivity index (χ4n) is 3.85. The van der Waals surface area contributed by atoms with Crippen molar-refractivity contribution in [1.29, 1.82) is 0 Å². The van der Waals surface area contributed by atoms with Crippen LogP contribution in [0.1, 0.15) is 30.1 Å². The second kappa shape index (κ2) is 7.79. The monoisotopic (exact) mass is 391 g/mol. The molecule has 1 N–H and O–H groups in total. The van der Waals surface area contributed by atoms with Crippen LogP contribution in [0.3, 0.4) is 0 Å². The molecule has 2 fully saturated rings. The molecule has 3 heterocycles. The first-order valence-electron chi connectivity index (χ1n) is 10.3. The highest BCUT2D eigenvalue weighted by atomic mass is 16.2. The summed E-state index contributed by atoms with van der Waals surface area (Å²) < 4.78 is 2.09. The Hall–Kier alpha value is -3.00. The molecular weight excluding hydrogens is 366 g/mol. The molecule has 3 aromatic rings. The molecule has 0 bridgehead atoms. The van der Waals surface area contributed by atoms with Crippen molar-refractivity contribution < 1.29 is 4.79 Å². The molecule has 1 aromatic carbocycles. The minimum absolute atomic E-state index is 0.0639. The molecule has 5 rings (SSSR count). The van der Waals surface area contributed by atoms with E-state index in [-0.39, 0.29) is 5.91 Å². The molecular formula is C21H25N7O. The van der Waals surface area contributed by atoms with Crippen LogP contribution < -0.4 is 10.2 Å². The highest BCUT2D eigenvalue weighted by Gasteiger charge is 2.30. The van der Waals surface area contributed by atoms with E-state index < -0.39 is 0 Å². The minimum Gasteiger partial charge on any atom is -0.351 e. The molecule has 150 valence electrons. The molecule has 0 unspecified atom stereocenters. The van der Waals surface area contributed by atoms with Gasteiger partial charge in [-0.3, -0.25) is 14.1 Å². The zero-order valence-corrected chi connectivity index (χ0v) is 16.4. The molecule has 0 spiro atoms. The number of hydrogen-bond donors (Lipinski definition) is 1. The lowest BCUT2D eigenvalue weighted by molar-refractivity contribution is -0.122. The van der Waals surface area contributed by atoms with Crippen LogP contribution >= 0.6 is 0 Å². The summed E-state index contributed by atoms with van der Waals surface area (Å²) in [6, 6.07) is 9.99. The van der Waals surface area contributed by atoms with Crippen LogP contribution in [0.25, 0.3) is 5.65 Å². The summed E-state index contributed by atoms with van der Waals surface area (Å²) in [6.45, 7) is 4.29. The van der Waals surface area contributed by atoms with Gasteiger partial charge in [-0.2, -0.15) is 0 Å². The van der Waals surface area contributed by atoms with Gasteiger partial charge in [0.1, 0.15) is 5.82 Å². The number of fused-ring (bicyclic) bond motifs is 1. The van der Waals surface area contributed by atoms with Crippen LogP contribution in [-0.4, -0.2) is 63.1 Å². The maximum atomic E-state index is 12.3. The van der Waals surface area contributed by atoms with Gasteiger partial charge >= 0.3 is 0 Å². The normalized spacial score (nSPS) is 17.6. The van der Waals surface area contributed by atoms with E-state index in [0.717, 1.165) is 49.0 Å². The molecule has 0 radical (unpaired) electrons. The van der Waals surface area contributed by atoms with Crippen molar-refractivity contribution in [3.05, 3.63) is 54.1 Å². The van der Waals surface area contributed by atoms with E-state index in [1.165, 1.54) is 12.8 Å². The van der Waals surface area contributed by atoms with Crippen molar-refractivity contribution in [2.24, 2.45) is 0 Å². The lowest BCUT2D eigenvalue weighted by Crippen LogP contribution is -2.49. The second-order valence-electron chi connectivity index (χ2n) is 7.80. The number of anilines is 1. The first-order valence-corrected chi connectivity index (χ1v) is 10.3. The number of benzene rings is 1. The summed E-state index contributed by atoms with van der Waals surface area (Å²) in [5, 5.41) is 11.8. The summed E-state index contributed by atoms with van der Waals surface area (Å²) >= 11 is 0. The summed E-state index contributed by atoms with van der Waals surface area (Å²) in [7, 11) is 0. The van der Waals surface area contributed by atoms with Crippen LogP contribution in [0.2, 0.25) is 0 Å². The SMILES string of the molecule is O=C(CN1CCN(c2nccn3c(C4CC4)nnc23)CC1)NCc1ccccc1. The summed E-state index contributed by atoms with van der Waals surface area (Å²) in [4.78, 5) is 21.3. The van der Waals surface area contributed by atoms with E-state index in [0.29, 0.717) is 19.0 Å². The van der Waals surface area contributed by atoms with Crippen LogP contribution in [0.5, 0.6) is 0 Å². The quantitative estimate of drug-likeness (QED) is 0.685. The van der Waals surface area contributed by atoms with Gasteiger partial charge in [-0.15, -0.1) is 10.2 Å². The zero-order chi connectivity index (χ0) is 19.6. The average Bonchev–Trinajstić information content (AvgIpc) is 3.52. The first-order chi connectivity index (χ1) is 14.3. The molecule has 1 aliphatic carbocycles. The number of amides is 1. The lowest BCUT2D eigenvalue weighted by Gasteiger charge is -2.34. The Kier molecular flexibility index (Phi) is 4.85. The summed E-state index contributed by atoms with van der Waals surface area (Å²) in [5.41, 5.74) is 1.95. The number of piperazine rings is 1. The fourth-order valence-corrected chi connectivity index (χ4v) is 3.85. The maximum Gasteiger partial charge on any atom is 0.234 e. The predicted molar refractivity (Wildman–Crippen MR) is 110 cm³/mol. The van der Waals surface area contributed by atoms with E-state index in [9.17, 15) is 4.79 Å². The van der Waals surface area contributed by atoms with Gasteiger partial charge in [0.2, 0.25) is 11.6 Å². The Labute approximate surface area is 169 Å². The van der Waals surface area contributed by atoms with E-state index in [1.54, 1.807) is 0 Å². The third kappa shape index (κ3) is 3.93. The number of aromatic nitrogens is 4. The van der Waals surface area contributed by atoms with Gasteiger partial charge in [0.25, 0.3) is 0 Å². The molecule has 1 aliphatic heterocycles. The maximum absolute atomic E-state index is 12.3. The van der Waals surface area contributed by atoms with E-state index in [4.69, 9.17) is 0 Å². The second-order valence-corrected chi connectivity index (χ2v) is 7.80. The number of nitrogens with zero attached hydrogens (tertiary/aromatic N) is 6. The number of nitrogens with one attached hydrogen (secondary N) is 1. The van der Waals surface area contributed by atoms with Crippen molar-refractivity contribution in [2.45, 2.75) is 25.3 Å². The van der Waals surface area contributed by atoms with Crippen molar-refractivity contribution >= 4 is 17.4 Å². The van der Waals surface area contributed by atoms with Crippen molar-refractivity contribution in [2.75, 3.05) is 37.6 Å². The molecule has 2 aliphatic rings. The van der Waals surface area contributed by atoms with Gasteiger partial charge in [-0.1, -0.05) is 30.3 Å². The Balaban J connectivity index is 1.17. The highest BCUT2D eigenvalue weighted by Crippen LogP contribution is 2.39. The number of hydrogen-bond acceptors (Lipinski definition) is 6. The predicted octanol–water partition coefficient (Wildman–Crippen LogP) is 1.44. The summed E-state index contributed by atoms with van der Waals surface area (Å²) in [6.07, 6.45) is 6.19. The van der Waals surface area contributed by atoms with E-state index >= 15 is 0 Å². The molecule has 8 heteroatoms.